The van der Waals surface area contributed by atoms with Crippen LogP contribution in [0.15, 0.2) is 39.5 Å². The van der Waals surface area contributed by atoms with E-state index in [1.54, 1.807) is 0 Å². The number of aromatic hydroxyl groups is 3. The normalized spacial score (nSPS) is 32.5. The molecule has 240 valence electrons. The zero-order chi connectivity index (χ0) is 32.0. The summed E-state index contributed by atoms with van der Waals surface area (Å²) < 4.78 is 33.3. The Hall–Kier alpha value is -3.71. The second-order valence-corrected chi connectivity index (χ2v) is 10.4. The first-order valence-corrected chi connectivity index (χ1v) is 13.4. The Labute approximate surface area is 248 Å². The summed E-state index contributed by atoms with van der Waals surface area (Å²) in [6.07, 6.45) is -16.0. The van der Waals surface area contributed by atoms with E-state index in [1.165, 1.54) is 38.3 Å². The number of fused-ring (bicyclic) bond motifs is 1. The maximum Gasteiger partial charge on any atom is 0.239 e. The van der Waals surface area contributed by atoms with Gasteiger partial charge in [-0.3, -0.25) is 4.79 Å². The number of phenolic OH excluding ortho intramolecular Hbond substituents is 3. The van der Waals surface area contributed by atoms with Gasteiger partial charge in [-0.25, -0.2) is 0 Å². The molecule has 0 saturated carbocycles. The van der Waals surface area contributed by atoms with Crippen LogP contribution in [-0.2, 0) is 14.2 Å². The van der Waals surface area contributed by atoms with Crippen LogP contribution in [0.2, 0.25) is 0 Å². The van der Waals surface area contributed by atoms with Gasteiger partial charge in [-0.1, -0.05) is 0 Å². The molecule has 0 radical (unpaired) electrons. The Morgan fingerprint density at radius 2 is 1.41 bits per heavy atom. The number of hydrogen-bond acceptors (Lipinski definition) is 16. The van der Waals surface area contributed by atoms with Gasteiger partial charge in [0.05, 0.1) is 19.8 Å². The SMILES string of the molecule is COc1c(O)cc(O)c2c(=O)c(OC3OC(COC4OC(C)C(O)C(O)C4O)C(O)C(O)C3O)c(-c3ccc(O)cc3)oc12. The van der Waals surface area contributed by atoms with E-state index in [4.69, 9.17) is 28.1 Å². The van der Waals surface area contributed by atoms with Gasteiger partial charge < -0.3 is 74.1 Å². The molecule has 1 aromatic heterocycles. The smallest absolute Gasteiger partial charge is 0.239 e. The van der Waals surface area contributed by atoms with Crippen LogP contribution in [0.4, 0.5) is 0 Å². The lowest BCUT2D eigenvalue weighted by atomic mass is 9.98. The molecule has 16 nitrogen and oxygen atoms in total. The highest BCUT2D eigenvalue weighted by Crippen LogP contribution is 2.43. The zero-order valence-electron chi connectivity index (χ0n) is 23.3. The molecule has 44 heavy (non-hydrogen) atoms. The summed E-state index contributed by atoms with van der Waals surface area (Å²) in [7, 11) is 1.19. The van der Waals surface area contributed by atoms with Gasteiger partial charge >= 0.3 is 0 Å². The topological polar surface area (TPSA) is 258 Å². The fraction of sp³-hybridized carbons (Fsp3) is 0.464. The van der Waals surface area contributed by atoms with Gasteiger partial charge in [-0.05, 0) is 31.2 Å². The minimum Gasteiger partial charge on any atom is -0.508 e. The molecule has 0 bridgehead atoms. The fourth-order valence-corrected chi connectivity index (χ4v) is 5.01. The van der Waals surface area contributed by atoms with Gasteiger partial charge in [-0.2, -0.15) is 0 Å². The first-order valence-electron chi connectivity index (χ1n) is 13.4. The van der Waals surface area contributed by atoms with Crippen LogP contribution in [0.1, 0.15) is 6.92 Å². The molecule has 2 aromatic carbocycles. The van der Waals surface area contributed by atoms with Crippen LogP contribution < -0.4 is 14.9 Å². The first-order chi connectivity index (χ1) is 20.8. The standard InChI is InChI=1S/C28H32O16/c1-9-16(32)19(35)21(37)27(41-9)40-8-14-17(33)20(36)22(38)28(42-14)44-26-18(34)15-12(30)7-13(31)24(39-2)25(15)43-23(26)10-3-5-11(29)6-4-10/h3-7,9,14,16-17,19-22,27-33,35-38H,8H2,1-2H3. The minimum absolute atomic E-state index is 0.123. The van der Waals surface area contributed by atoms with E-state index < -0.39 is 96.1 Å². The molecule has 9 N–H and O–H groups in total. The minimum atomic E-state index is -1.94. The third-order valence-corrected chi connectivity index (χ3v) is 7.51. The number of hydrogen-bond donors (Lipinski definition) is 9. The van der Waals surface area contributed by atoms with Gasteiger partial charge in [0.1, 0.15) is 59.6 Å². The summed E-state index contributed by atoms with van der Waals surface area (Å²) in [6.45, 7) is 0.845. The Balaban J connectivity index is 1.50. The lowest BCUT2D eigenvalue weighted by Gasteiger charge is -2.42. The summed E-state index contributed by atoms with van der Waals surface area (Å²) >= 11 is 0. The average molecular weight is 625 g/mol. The number of ether oxygens (including phenoxy) is 5. The highest BCUT2D eigenvalue weighted by Gasteiger charge is 2.48. The molecule has 2 saturated heterocycles. The van der Waals surface area contributed by atoms with Crippen LogP contribution in [-0.4, -0.2) is 121 Å². The monoisotopic (exact) mass is 624 g/mol. The van der Waals surface area contributed by atoms with Crippen molar-refractivity contribution in [2.45, 2.75) is 68.3 Å². The molecule has 3 heterocycles. The van der Waals surface area contributed by atoms with Crippen molar-refractivity contribution in [1.29, 1.82) is 0 Å². The van der Waals surface area contributed by atoms with Crippen LogP contribution in [0.25, 0.3) is 22.3 Å². The van der Waals surface area contributed by atoms with Crippen molar-refractivity contribution in [2.75, 3.05) is 13.7 Å². The van der Waals surface area contributed by atoms with Crippen LogP contribution in [0.3, 0.4) is 0 Å². The highest BCUT2D eigenvalue weighted by molar-refractivity contribution is 5.93. The zero-order valence-corrected chi connectivity index (χ0v) is 23.3. The van der Waals surface area contributed by atoms with Crippen molar-refractivity contribution >= 4 is 11.0 Å². The van der Waals surface area contributed by atoms with Crippen molar-refractivity contribution in [3.8, 4) is 40.1 Å². The summed E-state index contributed by atoms with van der Waals surface area (Å²) in [5, 5.41) is 92.1. The summed E-state index contributed by atoms with van der Waals surface area (Å²) in [5.41, 5.74) is -1.20. The number of aliphatic hydroxyl groups is 6. The Kier molecular flexibility index (Phi) is 8.90. The molecule has 0 spiro atoms. The van der Waals surface area contributed by atoms with Crippen molar-refractivity contribution < 1.29 is 74.1 Å². The van der Waals surface area contributed by atoms with E-state index in [-0.39, 0.29) is 28.4 Å². The van der Waals surface area contributed by atoms with Gasteiger partial charge in [0, 0.05) is 11.6 Å². The Bertz CT molecular complexity index is 1540. The van der Waals surface area contributed by atoms with E-state index in [9.17, 15) is 50.8 Å². The van der Waals surface area contributed by atoms with Crippen molar-refractivity contribution in [2.24, 2.45) is 0 Å². The lowest BCUT2D eigenvalue weighted by molar-refractivity contribution is -0.318. The third-order valence-electron chi connectivity index (χ3n) is 7.51. The average Bonchev–Trinajstić information content (AvgIpc) is 2.99. The number of phenols is 3. The number of aliphatic hydroxyl groups excluding tert-OH is 6. The number of methoxy groups -OCH3 is 1. The predicted octanol–water partition coefficient (Wildman–Crippen LogP) is -1.38. The molecule has 2 aliphatic heterocycles. The largest absolute Gasteiger partial charge is 0.508 e. The molecule has 0 aliphatic carbocycles. The summed E-state index contributed by atoms with van der Waals surface area (Å²) in [6, 6.07) is 6.12. The van der Waals surface area contributed by atoms with Gasteiger partial charge in [0.15, 0.2) is 23.4 Å². The molecule has 2 aliphatic rings. The molecule has 16 heteroatoms. The van der Waals surface area contributed by atoms with E-state index in [0.29, 0.717) is 0 Å². The third kappa shape index (κ3) is 5.63. The van der Waals surface area contributed by atoms with Crippen molar-refractivity contribution in [1.82, 2.24) is 0 Å². The van der Waals surface area contributed by atoms with E-state index in [0.717, 1.165) is 6.07 Å². The van der Waals surface area contributed by atoms with Crippen LogP contribution in [0.5, 0.6) is 28.7 Å². The first kappa shape index (κ1) is 31.7. The Morgan fingerprint density at radius 1 is 0.773 bits per heavy atom. The van der Waals surface area contributed by atoms with Crippen LogP contribution in [0, 0.1) is 0 Å². The maximum absolute atomic E-state index is 13.8. The van der Waals surface area contributed by atoms with E-state index >= 15 is 0 Å². The second-order valence-electron chi connectivity index (χ2n) is 10.4. The Morgan fingerprint density at radius 3 is 2.07 bits per heavy atom. The molecule has 0 amide bonds. The summed E-state index contributed by atoms with van der Waals surface area (Å²) in [4.78, 5) is 13.8. The molecule has 3 aromatic rings. The summed E-state index contributed by atoms with van der Waals surface area (Å²) in [5.74, 6) is -2.59. The molecule has 10 atom stereocenters. The van der Waals surface area contributed by atoms with Crippen molar-refractivity contribution in [3.05, 3.63) is 40.6 Å². The van der Waals surface area contributed by atoms with Gasteiger partial charge in [0.2, 0.25) is 23.2 Å². The highest BCUT2D eigenvalue weighted by atomic mass is 16.7. The second kappa shape index (κ2) is 12.4. The number of rotatable bonds is 7. The van der Waals surface area contributed by atoms with Crippen LogP contribution >= 0.6 is 0 Å². The van der Waals surface area contributed by atoms with E-state index in [2.05, 4.69) is 0 Å². The molecular weight excluding hydrogens is 592 g/mol. The molecular formula is C28H32O16. The molecule has 10 unspecified atom stereocenters. The molecule has 5 rings (SSSR count). The van der Waals surface area contributed by atoms with Crippen molar-refractivity contribution in [3.63, 3.8) is 0 Å². The van der Waals surface area contributed by atoms with Gasteiger partial charge in [-0.15, -0.1) is 0 Å². The van der Waals surface area contributed by atoms with E-state index in [1.807, 2.05) is 0 Å². The fourth-order valence-electron chi connectivity index (χ4n) is 5.01. The van der Waals surface area contributed by atoms with Gasteiger partial charge in [0.25, 0.3) is 0 Å². The lowest BCUT2D eigenvalue weighted by Crippen LogP contribution is -2.61. The quantitative estimate of drug-likeness (QED) is 0.147. The number of benzene rings is 2. The maximum atomic E-state index is 13.8. The molecule has 2 fully saturated rings. The predicted molar refractivity (Wildman–Crippen MR) is 145 cm³/mol.